The van der Waals surface area contributed by atoms with E-state index in [1.807, 2.05) is 24.3 Å². The molecule has 2 aromatic rings. The predicted molar refractivity (Wildman–Crippen MR) is 116 cm³/mol. The molecule has 2 atom stereocenters. The minimum atomic E-state index is -0.652. The van der Waals surface area contributed by atoms with Gasteiger partial charge in [0.25, 0.3) is 0 Å². The molecule has 0 bridgehead atoms. The first kappa shape index (κ1) is 22.3. The van der Waals surface area contributed by atoms with E-state index < -0.39 is 12.1 Å². The molecule has 0 saturated carbocycles. The zero-order valence-corrected chi connectivity index (χ0v) is 18.5. The van der Waals surface area contributed by atoms with Gasteiger partial charge in [-0.3, -0.25) is 4.79 Å². The van der Waals surface area contributed by atoms with E-state index in [0.717, 1.165) is 35.0 Å². The summed E-state index contributed by atoms with van der Waals surface area (Å²) in [5.74, 6) is 0.395. The van der Waals surface area contributed by atoms with Crippen molar-refractivity contribution in [2.75, 3.05) is 20.3 Å². The van der Waals surface area contributed by atoms with Gasteiger partial charge in [-0.25, -0.2) is 9.78 Å². The number of imidazole rings is 1. The van der Waals surface area contributed by atoms with E-state index in [4.69, 9.17) is 4.74 Å². The van der Waals surface area contributed by atoms with E-state index in [-0.39, 0.29) is 11.9 Å². The van der Waals surface area contributed by atoms with Crippen LogP contribution >= 0.6 is 15.9 Å². The van der Waals surface area contributed by atoms with E-state index in [9.17, 15) is 9.59 Å². The van der Waals surface area contributed by atoms with Crippen LogP contribution in [0.1, 0.15) is 44.0 Å². The lowest BCUT2D eigenvalue weighted by Gasteiger charge is -2.23. The average molecular weight is 479 g/mol. The van der Waals surface area contributed by atoms with Crippen LogP contribution in [0, 0.1) is 0 Å². The minimum Gasteiger partial charge on any atom is -0.453 e. The first-order valence-electron chi connectivity index (χ1n) is 10.1. The molecule has 0 radical (unpaired) electrons. The number of methoxy groups -OCH3 is 1. The summed E-state index contributed by atoms with van der Waals surface area (Å²) in [6, 6.07) is 6.89. The van der Waals surface area contributed by atoms with Gasteiger partial charge in [0.15, 0.2) is 0 Å². The number of hydrogen-bond donors (Lipinski definition) is 3. The highest BCUT2D eigenvalue weighted by atomic mass is 79.9. The van der Waals surface area contributed by atoms with Crippen molar-refractivity contribution in [3.8, 4) is 11.3 Å². The number of carbonyl (C=O) groups is 2. The molecule has 2 unspecified atom stereocenters. The molecule has 2 amide bonds. The van der Waals surface area contributed by atoms with Crippen LogP contribution in [0.3, 0.4) is 0 Å². The third-order valence-electron chi connectivity index (χ3n) is 5.02. The molecule has 1 aliphatic rings. The van der Waals surface area contributed by atoms with Crippen molar-refractivity contribution < 1.29 is 19.1 Å². The summed E-state index contributed by atoms with van der Waals surface area (Å²) in [6.07, 6.45) is 4.92. The number of rotatable bonds is 3. The van der Waals surface area contributed by atoms with Gasteiger partial charge in [0, 0.05) is 17.7 Å². The van der Waals surface area contributed by atoms with Crippen LogP contribution < -0.4 is 10.6 Å². The first-order chi connectivity index (χ1) is 14.6. The fourth-order valence-corrected chi connectivity index (χ4v) is 3.61. The largest absolute Gasteiger partial charge is 0.453 e. The number of amides is 2. The van der Waals surface area contributed by atoms with Crippen LogP contribution in [0.15, 0.2) is 34.9 Å². The van der Waals surface area contributed by atoms with Gasteiger partial charge >= 0.3 is 6.09 Å². The molecule has 2 heterocycles. The molecule has 1 aliphatic heterocycles. The van der Waals surface area contributed by atoms with Crippen molar-refractivity contribution in [1.29, 1.82) is 0 Å². The Labute approximate surface area is 184 Å². The van der Waals surface area contributed by atoms with Gasteiger partial charge in [0.2, 0.25) is 5.91 Å². The molecule has 3 N–H and O–H groups in total. The Morgan fingerprint density at radius 1 is 1.20 bits per heavy atom. The van der Waals surface area contributed by atoms with Crippen LogP contribution in [-0.4, -0.2) is 48.3 Å². The summed E-state index contributed by atoms with van der Waals surface area (Å²) in [5.41, 5.74) is 1.86. The number of nitrogens with zero attached hydrogens (tertiary/aromatic N) is 1. The van der Waals surface area contributed by atoms with E-state index in [1.165, 1.54) is 7.11 Å². The molecule has 3 rings (SSSR count). The van der Waals surface area contributed by atoms with Gasteiger partial charge < -0.3 is 25.1 Å². The first-order valence-corrected chi connectivity index (χ1v) is 10.9. The van der Waals surface area contributed by atoms with Gasteiger partial charge in [0.05, 0.1) is 25.0 Å². The number of carbonyl (C=O) groups excluding carboxylic acids is 2. The Balaban J connectivity index is 1.77. The standard InChI is InChI=1S/C21H27BrN4O4/c1-29-21(28)26-17-5-3-2-4-11-30-12-10-16(25-20(17)27)19-23-13-18(24-19)14-6-8-15(22)9-7-14/h6-9,13,16-17H,2-5,10-12H2,1H3,(H,23,24)(H,25,27)(H,26,28). The molecule has 1 fully saturated rings. The zero-order chi connectivity index (χ0) is 21.3. The highest BCUT2D eigenvalue weighted by Gasteiger charge is 2.26. The Kier molecular flexibility index (Phi) is 8.27. The molecule has 0 spiro atoms. The Morgan fingerprint density at radius 3 is 2.77 bits per heavy atom. The third-order valence-corrected chi connectivity index (χ3v) is 5.55. The zero-order valence-electron chi connectivity index (χ0n) is 16.9. The average Bonchev–Trinajstić information content (AvgIpc) is 3.23. The van der Waals surface area contributed by atoms with Crippen LogP contribution in [0.2, 0.25) is 0 Å². The van der Waals surface area contributed by atoms with Crippen molar-refractivity contribution >= 4 is 27.9 Å². The molecule has 9 heteroatoms. The lowest BCUT2D eigenvalue weighted by Crippen LogP contribution is -2.48. The molecular weight excluding hydrogens is 452 g/mol. The van der Waals surface area contributed by atoms with Crippen molar-refractivity contribution in [3.63, 3.8) is 0 Å². The van der Waals surface area contributed by atoms with Crippen molar-refractivity contribution in [2.24, 2.45) is 0 Å². The number of halogens is 1. The highest BCUT2D eigenvalue weighted by Crippen LogP contribution is 2.23. The predicted octanol–water partition coefficient (Wildman–Crippen LogP) is 3.70. The number of benzene rings is 1. The van der Waals surface area contributed by atoms with Crippen molar-refractivity contribution in [1.82, 2.24) is 20.6 Å². The summed E-state index contributed by atoms with van der Waals surface area (Å²) in [7, 11) is 1.29. The maximum atomic E-state index is 12.9. The monoisotopic (exact) mass is 478 g/mol. The summed E-state index contributed by atoms with van der Waals surface area (Å²) in [5, 5.41) is 5.65. The number of ether oxygens (including phenoxy) is 2. The number of nitrogens with one attached hydrogen (secondary N) is 3. The Morgan fingerprint density at radius 2 is 2.00 bits per heavy atom. The number of H-pyrrole nitrogens is 1. The normalized spacial score (nSPS) is 21.1. The SMILES string of the molecule is COC(=O)NC1CCCCCOCCC(c2ncc(-c3ccc(Br)cc3)[nH]2)NC1=O. The van der Waals surface area contributed by atoms with E-state index in [1.54, 1.807) is 6.20 Å². The third kappa shape index (κ3) is 6.30. The highest BCUT2D eigenvalue weighted by molar-refractivity contribution is 9.10. The summed E-state index contributed by atoms with van der Waals surface area (Å²) in [6.45, 7) is 1.19. The fourth-order valence-electron chi connectivity index (χ4n) is 3.34. The van der Waals surface area contributed by atoms with E-state index in [2.05, 4.69) is 41.3 Å². The second-order valence-electron chi connectivity index (χ2n) is 7.19. The fraction of sp³-hybridized carbons (Fsp3) is 0.476. The van der Waals surface area contributed by atoms with Gasteiger partial charge in [-0.05, 0) is 37.0 Å². The van der Waals surface area contributed by atoms with Crippen LogP contribution in [0.5, 0.6) is 0 Å². The lowest BCUT2D eigenvalue weighted by molar-refractivity contribution is -0.124. The smallest absolute Gasteiger partial charge is 0.407 e. The molecule has 0 aliphatic carbocycles. The van der Waals surface area contributed by atoms with Crippen molar-refractivity contribution in [3.05, 3.63) is 40.8 Å². The van der Waals surface area contributed by atoms with E-state index in [0.29, 0.717) is 31.9 Å². The molecule has 8 nitrogen and oxygen atoms in total. The molecule has 30 heavy (non-hydrogen) atoms. The molecule has 1 aromatic carbocycles. The number of aromatic amines is 1. The number of hydrogen-bond acceptors (Lipinski definition) is 5. The van der Waals surface area contributed by atoms with Gasteiger partial charge in [0.1, 0.15) is 11.9 Å². The molecular formula is C21H27BrN4O4. The van der Waals surface area contributed by atoms with E-state index >= 15 is 0 Å². The van der Waals surface area contributed by atoms with Gasteiger partial charge in [-0.2, -0.15) is 0 Å². The maximum absolute atomic E-state index is 12.9. The molecule has 1 saturated heterocycles. The Hall–Kier alpha value is -2.39. The second-order valence-corrected chi connectivity index (χ2v) is 8.10. The lowest BCUT2D eigenvalue weighted by atomic mass is 10.1. The number of alkyl carbamates (subject to hydrolysis) is 1. The van der Waals surface area contributed by atoms with Crippen LogP contribution in [0.25, 0.3) is 11.3 Å². The Bertz CT molecular complexity index is 840. The minimum absolute atomic E-state index is 0.257. The summed E-state index contributed by atoms with van der Waals surface area (Å²) in [4.78, 5) is 32.4. The molecule has 1 aromatic heterocycles. The number of aromatic nitrogens is 2. The topological polar surface area (TPSA) is 105 Å². The summed E-state index contributed by atoms with van der Waals surface area (Å²) >= 11 is 3.44. The summed E-state index contributed by atoms with van der Waals surface area (Å²) < 4.78 is 11.4. The van der Waals surface area contributed by atoms with Gasteiger partial charge in [-0.15, -0.1) is 0 Å². The quantitative estimate of drug-likeness (QED) is 0.623. The van der Waals surface area contributed by atoms with Crippen LogP contribution in [-0.2, 0) is 14.3 Å². The second kappa shape index (κ2) is 11.1. The van der Waals surface area contributed by atoms with Crippen molar-refractivity contribution in [2.45, 2.75) is 44.2 Å². The van der Waals surface area contributed by atoms with Gasteiger partial charge in [-0.1, -0.05) is 40.9 Å². The van der Waals surface area contributed by atoms with Crippen LogP contribution in [0.4, 0.5) is 4.79 Å². The maximum Gasteiger partial charge on any atom is 0.407 e. The molecule has 162 valence electrons.